The molecule has 77 heavy (non-hydrogen) atoms. The van der Waals surface area contributed by atoms with Crippen molar-refractivity contribution in [3.8, 4) is 0 Å². The standard InChI is InChI=1S/C45H44N10O17P4.Na/c1-52-19-25(13-33(52)41(56)46-23-11-31-29(39(17-23)75(67,68)69)7-5-9-37(31)73(61,62)63)48-43(58)35-15-27(21-54(35)3)50-45(60)51-28-16-36(55(4)22-28)44(59)49-26-14-34(53(2)20-26)42(57)47-24-12-32-30(40(18-24)76(70,71)72)8-6-10-38(32)74(64,65)66;/h5-22H,1-4H3,(H,46,56)(H,47,57)(H,48,58)(H,49,59)(H2,50,51,60)(H2,61,62,63)(H2,64,65,66)(H2,67,68,69)(H2,70,71,72);/q;+1. The molecule has 0 aliphatic carbocycles. The number of nitrogens with one attached hydrogen (secondary N) is 6. The number of fused-ring (bicyclic) bond motifs is 2. The first-order valence-corrected chi connectivity index (χ1v) is 28.2. The van der Waals surface area contributed by atoms with Crippen molar-refractivity contribution >= 4 is 137 Å². The van der Waals surface area contributed by atoms with Crippen molar-refractivity contribution in [2.24, 2.45) is 28.2 Å². The van der Waals surface area contributed by atoms with Gasteiger partial charge in [0, 0.05) is 75.1 Å². The van der Waals surface area contributed by atoms with Crippen LogP contribution in [-0.2, 0) is 46.5 Å². The number of hydrogen-bond donors (Lipinski definition) is 14. The third-order valence-corrected chi connectivity index (χ3v) is 15.7. The predicted octanol–water partition coefficient (Wildman–Crippen LogP) is 0.216. The summed E-state index contributed by atoms with van der Waals surface area (Å²) in [7, 11) is -13.9. The van der Waals surface area contributed by atoms with Gasteiger partial charge in [0.1, 0.15) is 22.8 Å². The van der Waals surface area contributed by atoms with Gasteiger partial charge in [-0.2, -0.15) is 0 Å². The number of anilines is 6. The fourth-order valence-electron chi connectivity index (χ4n) is 8.34. The monoisotopic (exact) mass is 1140 g/mol. The van der Waals surface area contributed by atoms with Gasteiger partial charge in [-0.05, 0) is 71.4 Å². The summed E-state index contributed by atoms with van der Waals surface area (Å²) in [5.41, 5.74) is 0.333. The number of rotatable bonds is 14. The molecule has 0 aliphatic heterocycles. The van der Waals surface area contributed by atoms with Crippen LogP contribution >= 0.6 is 30.4 Å². The number of aryl methyl sites for hydroxylation is 4. The van der Waals surface area contributed by atoms with E-state index in [4.69, 9.17) is 0 Å². The summed E-state index contributed by atoms with van der Waals surface area (Å²) in [6.45, 7) is 0. The van der Waals surface area contributed by atoms with E-state index < -0.39 is 81.3 Å². The summed E-state index contributed by atoms with van der Waals surface area (Å²) < 4.78 is 54.8. The second-order valence-electron chi connectivity index (χ2n) is 17.2. The van der Waals surface area contributed by atoms with Crippen molar-refractivity contribution in [1.82, 2.24) is 18.3 Å². The third-order valence-electron chi connectivity index (χ3n) is 11.7. The number of carbonyl (C=O) groups is 5. The van der Waals surface area contributed by atoms with Crippen LogP contribution in [0.2, 0.25) is 0 Å². The molecule has 4 heterocycles. The van der Waals surface area contributed by atoms with Crippen LogP contribution in [0.25, 0.3) is 21.5 Å². The maximum absolute atomic E-state index is 13.5. The van der Waals surface area contributed by atoms with E-state index in [0.29, 0.717) is 0 Å². The summed E-state index contributed by atoms with van der Waals surface area (Å²) in [5.74, 6) is -2.94. The van der Waals surface area contributed by atoms with Crippen LogP contribution < -0.4 is 82.7 Å². The molecule has 0 saturated carbocycles. The number of amides is 6. The van der Waals surface area contributed by atoms with Gasteiger partial charge in [-0.1, -0.05) is 24.3 Å². The Morgan fingerprint density at radius 1 is 0.351 bits per heavy atom. The molecule has 0 radical (unpaired) electrons. The minimum atomic E-state index is -5.02. The molecule has 0 bridgehead atoms. The van der Waals surface area contributed by atoms with Crippen LogP contribution in [0.5, 0.6) is 0 Å². The normalized spacial score (nSPS) is 12.0. The van der Waals surface area contributed by atoms with Crippen molar-refractivity contribution in [1.29, 1.82) is 0 Å². The molecular weight excluding hydrogens is 1100 g/mol. The number of hydrogen-bond acceptors (Lipinski definition) is 9. The van der Waals surface area contributed by atoms with Gasteiger partial charge in [0.05, 0.1) is 44.0 Å². The van der Waals surface area contributed by atoms with Gasteiger partial charge in [0.15, 0.2) is 0 Å². The summed E-state index contributed by atoms with van der Waals surface area (Å²) in [6.07, 6.45) is 5.68. The van der Waals surface area contributed by atoms with Crippen molar-refractivity contribution in [2.45, 2.75) is 0 Å². The van der Waals surface area contributed by atoms with E-state index in [1.165, 1.54) is 132 Å². The number of aromatic nitrogens is 4. The molecule has 8 rings (SSSR count). The maximum atomic E-state index is 13.5. The van der Waals surface area contributed by atoms with Gasteiger partial charge in [0.2, 0.25) is 0 Å². The van der Waals surface area contributed by atoms with E-state index in [-0.39, 0.29) is 108 Å². The molecule has 32 heteroatoms. The summed E-state index contributed by atoms with van der Waals surface area (Å²) in [6, 6.07) is 16.1. The molecule has 0 atom stereocenters. The van der Waals surface area contributed by atoms with Crippen LogP contribution in [0.3, 0.4) is 0 Å². The van der Waals surface area contributed by atoms with Crippen LogP contribution in [0, 0.1) is 0 Å². The molecular formula is C45H44N10NaO17P4+. The molecule has 0 saturated heterocycles. The fourth-order valence-corrected chi connectivity index (χ4v) is 11.5. The zero-order valence-electron chi connectivity index (χ0n) is 40.7. The van der Waals surface area contributed by atoms with E-state index in [9.17, 15) is 81.4 Å². The average Bonchev–Trinajstić information content (AvgIpc) is 4.08. The van der Waals surface area contributed by atoms with E-state index in [1.807, 2.05) is 0 Å². The van der Waals surface area contributed by atoms with Gasteiger partial charge in [-0.15, -0.1) is 0 Å². The molecule has 0 fully saturated rings. The Hall–Kier alpha value is -6.73. The Morgan fingerprint density at radius 2 is 0.610 bits per heavy atom. The van der Waals surface area contributed by atoms with Crippen LogP contribution in [0.15, 0.2) is 110 Å². The Balaban J connectivity index is 0.00000861. The van der Waals surface area contributed by atoms with Crippen LogP contribution in [0.1, 0.15) is 42.0 Å². The molecule has 4 aromatic heterocycles. The smallest absolute Gasteiger partial charge is 0.344 e. The van der Waals surface area contributed by atoms with Crippen molar-refractivity contribution < 1.29 is 111 Å². The topological polar surface area (TPSA) is 407 Å². The number of nitrogens with zero attached hydrogens (tertiary/aromatic N) is 4. The molecule has 0 unspecified atom stereocenters. The Kier molecular flexibility index (Phi) is 16.3. The number of carbonyl (C=O) groups excluding carboxylic acids is 5. The quantitative estimate of drug-likeness (QED) is 0.0511. The minimum absolute atomic E-state index is 0. The first-order valence-electron chi connectivity index (χ1n) is 21.7. The zero-order valence-corrected chi connectivity index (χ0v) is 46.3. The van der Waals surface area contributed by atoms with Crippen LogP contribution in [-0.4, -0.2) is 87.1 Å². The van der Waals surface area contributed by atoms with E-state index in [0.717, 1.165) is 24.3 Å². The second kappa shape index (κ2) is 21.6. The summed E-state index contributed by atoms with van der Waals surface area (Å²) in [4.78, 5) is 147. The van der Waals surface area contributed by atoms with Gasteiger partial charge in [-0.3, -0.25) is 37.4 Å². The Labute approximate surface area is 456 Å². The predicted molar refractivity (Wildman–Crippen MR) is 281 cm³/mol. The van der Waals surface area contributed by atoms with Gasteiger partial charge in [0.25, 0.3) is 23.6 Å². The first kappa shape index (κ1) is 58.0. The van der Waals surface area contributed by atoms with Crippen molar-refractivity contribution in [3.63, 3.8) is 0 Å². The fraction of sp³-hybridized carbons (Fsp3) is 0.0889. The Morgan fingerprint density at radius 3 is 0.883 bits per heavy atom. The molecule has 6 amide bonds. The first-order chi connectivity index (χ1) is 35.3. The average molecular weight is 1140 g/mol. The molecule has 4 aromatic carbocycles. The van der Waals surface area contributed by atoms with Crippen molar-refractivity contribution in [2.75, 3.05) is 31.9 Å². The Bertz CT molecular complexity index is 3720. The second-order valence-corrected chi connectivity index (χ2v) is 23.5. The number of benzene rings is 4. The molecule has 0 aliphatic rings. The SMILES string of the molecule is Cn1cc(NC(=O)Nc2cc(C(=O)Nc3cc(C(=O)Nc4cc(P(=O)(O)O)c5cccc(P(=O)(O)O)c5c4)n(C)c3)n(C)c2)cc1C(=O)Nc1cc(C(=O)Nc2cc(P(=O)(O)O)c3cccc(P(=O)(O)O)c3c2)n(C)c1.[Na+]. The zero-order chi connectivity index (χ0) is 55.6. The van der Waals surface area contributed by atoms with E-state index >= 15 is 0 Å². The van der Waals surface area contributed by atoms with E-state index in [1.54, 1.807) is 0 Å². The molecule has 8 aromatic rings. The molecule has 14 N–H and O–H groups in total. The molecule has 0 spiro atoms. The van der Waals surface area contributed by atoms with Crippen LogP contribution in [0.4, 0.5) is 38.9 Å². The minimum Gasteiger partial charge on any atom is -0.344 e. The largest absolute Gasteiger partial charge is 1.00 e. The van der Waals surface area contributed by atoms with Crippen molar-refractivity contribution in [3.05, 3.63) is 132 Å². The van der Waals surface area contributed by atoms with Gasteiger partial charge >= 0.3 is 66.0 Å². The molecule has 396 valence electrons. The third kappa shape index (κ3) is 12.7. The van der Waals surface area contributed by atoms with Gasteiger partial charge in [-0.25, -0.2) is 4.79 Å². The van der Waals surface area contributed by atoms with Gasteiger partial charge < -0.3 is 89.3 Å². The molecule has 27 nitrogen and oxygen atoms in total. The van der Waals surface area contributed by atoms with E-state index in [2.05, 4.69) is 31.9 Å². The summed E-state index contributed by atoms with van der Waals surface area (Å²) in [5, 5.41) is 12.7. The summed E-state index contributed by atoms with van der Waals surface area (Å²) >= 11 is 0. The number of urea groups is 1. The maximum Gasteiger partial charge on any atom is 1.00 e.